The van der Waals surface area contributed by atoms with Crippen molar-refractivity contribution in [1.29, 1.82) is 0 Å². The summed E-state index contributed by atoms with van der Waals surface area (Å²) >= 11 is 6.03. The molecule has 1 fully saturated rings. The van der Waals surface area contributed by atoms with E-state index < -0.39 is 0 Å². The van der Waals surface area contributed by atoms with Crippen LogP contribution in [0.15, 0.2) is 18.2 Å². The number of methoxy groups -OCH3 is 1. The Bertz CT molecular complexity index is 475. The summed E-state index contributed by atoms with van der Waals surface area (Å²) in [6.45, 7) is 2.33. The van der Waals surface area contributed by atoms with Gasteiger partial charge in [0.1, 0.15) is 5.75 Å². The molecule has 1 heterocycles. The Hall–Kier alpha value is -1.30. The molecule has 1 aromatic carbocycles. The van der Waals surface area contributed by atoms with Crippen molar-refractivity contribution in [3.8, 4) is 5.75 Å². The topological polar surface area (TPSA) is 53.6 Å². The van der Waals surface area contributed by atoms with E-state index in [1.807, 2.05) is 7.05 Å². The van der Waals surface area contributed by atoms with E-state index in [1.165, 1.54) is 0 Å². The smallest absolute Gasteiger partial charge is 0.238 e. The molecule has 110 valence electrons. The van der Waals surface area contributed by atoms with Crippen molar-refractivity contribution in [3.05, 3.63) is 23.2 Å². The number of likely N-dealkylation sites (N-methyl/N-ethyl adjacent to an activating group) is 1. The van der Waals surface area contributed by atoms with E-state index in [1.54, 1.807) is 25.3 Å². The lowest BCUT2D eigenvalue weighted by Gasteiger charge is -2.22. The van der Waals surface area contributed by atoms with E-state index >= 15 is 0 Å². The van der Waals surface area contributed by atoms with Crippen LogP contribution in [-0.4, -0.2) is 50.6 Å². The van der Waals surface area contributed by atoms with Gasteiger partial charge in [0, 0.05) is 18.3 Å². The second-order valence-corrected chi connectivity index (χ2v) is 5.37. The summed E-state index contributed by atoms with van der Waals surface area (Å²) in [7, 11) is 3.53. The Kier molecular flexibility index (Phi) is 5.23. The summed E-state index contributed by atoms with van der Waals surface area (Å²) in [6, 6.07) is 5.64. The van der Waals surface area contributed by atoms with Gasteiger partial charge in [0.05, 0.1) is 18.7 Å². The number of hydrogen-bond donors (Lipinski definition) is 2. The van der Waals surface area contributed by atoms with Crippen LogP contribution in [0.5, 0.6) is 5.75 Å². The first-order valence-electron chi connectivity index (χ1n) is 6.64. The normalized spacial score (nSPS) is 18.3. The van der Waals surface area contributed by atoms with E-state index in [-0.39, 0.29) is 5.91 Å². The molecular weight excluding hydrogens is 278 g/mol. The van der Waals surface area contributed by atoms with Crippen molar-refractivity contribution < 1.29 is 9.53 Å². The molecule has 1 atom stereocenters. The van der Waals surface area contributed by atoms with Gasteiger partial charge in [-0.25, -0.2) is 0 Å². The number of hydrogen-bond acceptors (Lipinski definition) is 4. The fourth-order valence-corrected chi connectivity index (χ4v) is 2.57. The highest BCUT2D eigenvalue weighted by molar-refractivity contribution is 6.32. The maximum absolute atomic E-state index is 12.0. The first-order chi connectivity index (χ1) is 9.60. The highest BCUT2D eigenvalue weighted by Crippen LogP contribution is 2.27. The van der Waals surface area contributed by atoms with E-state index in [0.717, 1.165) is 19.5 Å². The molecule has 2 N–H and O–H groups in total. The summed E-state index contributed by atoms with van der Waals surface area (Å²) in [4.78, 5) is 14.1. The zero-order valence-corrected chi connectivity index (χ0v) is 12.5. The number of amides is 1. The summed E-state index contributed by atoms with van der Waals surface area (Å²) < 4.78 is 5.08. The minimum Gasteiger partial charge on any atom is -0.495 e. The maximum atomic E-state index is 12.0. The fourth-order valence-electron chi connectivity index (χ4n) is 2.32. The Balaban J connectivity index is 1.89. The van der Waals surface area contributed by atoms with Gasteiger partial charge in [-0.2, -0.15) is 0 Å². The molecule has 0 radical (unpaired) electrons. The summed E-state index contributed by atoms with van der Waals surface area (Å²) in [5.41, 5.74) is 0.679. The minimum absolute atomic E-state index is 0.0411. The van der Waals surface area contributed by atoms with Gasteiger partial charge in [0.25, 0.3) is 0 Å². The minimum atomic E-state index is -0.0411. The van der Waals surface area contributed by atoms with Crippen LogP contribution in [-0.2, 0) is 4.79 Å². The first-order valence-corrected chi connectivity index (χ1v) is 7.02. The van der Waals surface area contributed by atoms with E-state index in [4.69, 9.17) is 16.3 Å². The highest BCUT2D eigenvalue weighted by atomic mass is 35.5. The van der Waals surface area contributed by atoms with Gasteiger partial charge in [-0.05, 0) is 38.2 Å². The molecule has 0 spiro atoms. The summed E-state index contributed by atoms with van der Waals surface area (Å²) in [6.07, 6.45) is 1.08. The molecular formula is C14H20ClN3O2. The third-order valence-corrected chi connectivity index (χ3v) is 3.78. The summed E-state index contributed by atoms with van der Waals surface area (Å²) in [5, 5.41) is 6.62. The molecule has 1 saturated heterocycles. The van der Waals surface area contributed by atoms with Gasteiger partial charge >= 0.3 is 0 Å². The van der Waals surface area contributed by atoms with Gasteiger partial charge in [0.15, 0.2) is 0 Å². The third kappa shape index (κ3) is 3.85. The van der Waals surface area contributed by atoms with E-state index in [0.29, 0.717) is 29.0 Å². The predicted octanol–water partition coefficient (Wildman–Crippen LogP) is 1.58. The van der Waals surface area contributed by atoms with E-state index in [2.05, 4.69) is 15.5 Å². The average Bonchev–Trinajstić information content (AvgIpc) is 2.92. The molecule has 0 aromatic heterocycles. The number of halogens is 1. The SMILES string of the molecule is COc1ccc(NC(=O)CN(C)C2CCNC2)cc1Cl. The standard InChI is InChI=1S/C14H20ClN3O2/c1-18(11-5-6-16-8-11)9-14(19)17-10-3-4-13(20-2)12(15)7-10/h3-4,7,11,16H,5-6,8-9H2,1-2H3,(H,17,19). The van der Waals surface area contributed by atoms with Crippen LogP contribution in [0.1, 0.15) is 6.42 Å². The number of anilines is 1. The Morgan fingerprint density at radius 1 is 1.60 bits per heavy atom. The number of nitrogens with one attached hydrogen (secondary N) is 2. The molecule has 2 rings (SSSR count). The van der Waals surface area contributed by atoms with Gasteiger partial charge in [-0.3, -0.25) is 9.69 Å². The molecule has 1 unspecified atom stereocenters. The Labute approximate surface area is 124 Å². The van der Waals surface area contributed by atoms with Crippen molar-refractivity contribution in [1.82, 2.24) is 10.2 Å². The largest absolute Gasteiger partial charge is 0.495 e. The molecule has 20 heavy (non-hydrogen) atoms. The number of carbonyl (C=O) groups is 1. The number of benzene rings is 1. The van der Waals surface area contributed by atoms with Crippen LogP contribution in [0.3, 0.4) is 0 Å². The lowest BCUT2D eigenvalue weighted by Crippen LogP contribution is -2.39. The average molecular weight is 298 g/mol. The van der Waals surface area contributed by atoms with Crippen LogP contribution in [0, 0.1) is 0 Å². The maximum Gasteiger partial charge on any atom is 0.238 e. The fraction of sp³-hybridized carbons (Fsp3) is 0.500. The van der Waals surface area contributed by atoms with Gasteiger partial charge in [-0.15, -0.1) is 0 Å². The van der Waals surface area contributed by atoms with Crippen molar-refractivity contribution in [2.75, 3.05) is 39.1 Å². The molecule has 0 saturated carbocycles. The molecule has 5 nitrogen and oxygen atoms in total. The Morgan fingerprint density at radius 3 is 3.00 bits per heavy atom. The lowest BCUT2D eigenvalue weighted by atomic mass is 10.2. The quantitative estimate of drug-likeness (QED) is 0.866. The van der Waals surface area contributed by atoms with Crippen LogP contribution < -0.4 is 15.4 Å². The lowest BCUT2D eigenvalue weighted by molar-refractivity contribution is -0.117. The Morgan fingerprint density at radius 2 is 2.40 bits per heavy atom. The van der Waals surface area contributed by atoms with E-state index in [9.17, 15) is 4.79 Å². The van der Waals surface area contributed by atoms with Gasteiger partial charge in [-0.1, -0.05) is 11.6 Å². The van der Waals surface area contributed by atoms with Crippen molar-refractivity contribution in [3.63, 3.8) is 0 Å². The number of ether oxygens (including phenoxy) is 1. The molecule has 1 aliphatic heterocycles. The predicted molar refractivity (Wildman–Crippen MR) is 80.5 cm³/mol. The number of nitrogens with zero attached hydrogens (tertiary/aromatic N) is 1. The van der Waals surface area contributed by atoms with Gasteiger partial charge < -0.3 is 15.4 Å². The van der Waals surface area contributed by atoms with Crippen LogP contribution in [0.2, 0.25) is 5.02 Å². The van der Waals surface area contributed by atoms with Crippen molar-refractivity contribution in [2.24, 2.45) is 0 Å². The van der Waals surface area contributed by atoms with Crippen molar-refractivity contribution in [2.45, 2.75) is 12.5 Å². The second kappa shape index (κ2) is 6.92. The zero-order valence-electron chi connectivity index (χ0n) is 11.8. The third-order valence-electron chi connectivity index (χ3n) is 3.49. The van der Waals surface area contributed by atoms with Crippen LogP contribution in [0.4, 0.5) is 5.69 Å². The van der Waals surface area contributed by atoms with Crippen LogP contribution >= 0.6 is 11.6 Å². The molecule has 1 aromatic rings. The molecule has 0 bridgehead atoms. The molecule has 6 heteroatoms. The molecule has 1 amide bonds. The van der Waals surface area contributed by atoms with Gasteiger partial charge in [0.2, 0.25) is 5.91 Å². The second-order valence-electron chi connectivity index (χ2n) is 4.96. The van der Waals surface area contributed by atoms with Crippen LogP contribution in [0.25, 0.3) is 0 Å². The number of carbonyl (C=O) groups excluding carboxylic acids is 1. The highest BCUT2D eigenvalue weighted by Gasteiger charge is 2.20. The van der Waals surface area contributed by atoms with Crippen molar-refractivity contribution >= 4 is 23.2 Å². The monoisotopic (exact) mass is 297 g/mol. The summed E-state index contributed by atoms with van der Waals surface area (Å²) in [5.74, 6) is 0.555. The zero-order chi connectivity index (χ0) is 14.5. The first kappa shape index (κ1) is 15.1. The molecule has 0 aliphatic carbocycles. The molecule has 1 aliphatic rings. The number of rotatable bonds is 5.